The van der Waals surface area contributed by atoms with Crippen molar-refractivity contribution < 1.29 is 6.85 Å². The molecule has 2 nitrogen and oxygen atoms in total. The summed E-state index contributed by atoms with van der Waals surface area (Å²) in [4.78, 5) is 0. The van der Waals surface area contributed by atoms with Gasteiger partial charge < -0.3 is 11.1 Å². The van der Waals surface area contributed by atoms with Crippen molar-refractivity contribution in [2.24, 2.45) is 0 Å². The predicted molar refractivity (Wildman–Crippen MR) is 60.6 cm³/mol. The molecule has 0 amide bonds. The Hall–Kier alpha value is -1.96. The smallest absolute Gasteiger partial charge is 0.0645 e. The van der Waals surface area contributed by atoms with Crippen LogP contribution < -0.4 is 11.1 Å². The van der Waals surface area contributed by atoms with Crippen LogP contribution in [0.2, 0.25) is 0 Å². The molecule has 0 spiro atoms. The molecule has 2 rings (SSSR count). The molecule has 2 aromatic carbocycles. The molecule has 3 N–H and O–H groups in total. The van der Waals surface area contributed by atoms with E-state index >= 15 is 0 Å². The van der Waals surface area contributed by atoms with Crippen molar-refractivity contribution in [1.82, 2.24) is 0 Å². The van der Waals surface area contributed by atoms with E-state index < -0.39 is 6.04 Å². The van der Waals surface area contributed by atoms with Crippen LogP contribution in [-0.2, 0) is 0 Å². The van der Waals surface area contributed by atoms with Gasteiger partial charge in [-0.25, -0.2) is 0 Å². The summed E-state index contributed by atoms with van der Waals surface area (Å²) in [5.41, 5.74) is 6.77. The second kappa shape index (κ2) is 3.83. The van der Waals surface area contributed by atoms with Crippen molar-refractivity contribution in [2.75, 3.05) is 11.1 Å². The van der Waals surface area contributed by atoms with E-state index in [1.807, 2.05) is 0 Å². The van der Waals surface area contributed by atoms with E-state index in [-0.39, 0.29) is 29.9 Å². The summed E-state index contributed by atoms with van der Waals surface area (Å²) in [6, 6.07) is 5.06. The number of rotatable bonds is 2. The zero-order chi connectivity index (χ0) is 14.2. The minimum atomic E-state index is -0.409. The largest absolute Gasteiger partial charge is 0.399 e. The van der Waals surface area contributed by atoms with Crippen LogP contribution in [-0.4, -0.2) is 0 Å². The van der Waals surface area contributed by atoms with Gasteiger partial charge in [0, 0.05) is 17.1 Å². The van der Waals surface area contributed by atoms with Crippen molar-refractivity contribution in [1.29, 1.82) is 0 Å². The number of hydrogen-bond donors (Lipinski definition) is 2. The molecule has 14 heavy (non-hydrogen) atoms. The highest BCUT2D eigenvalue weighted by Gasteiger charge is 1.92. The Bertz CT molecular complexity index is 613. The summed E-state index contributed by atoms with van der Waals surface area (Å²) in [7, 11) is 0. The Morgan fingerprint density at radius 2 is 1.86 bits per heavy atom. The molecule has 2 aromatic rings. The summed E-state index contributed by atoms with van der Waals surface area (Å²) in [5, 5.41) is 2.81. The standard InChI is InChI=1S/C12H12N2/c13-10-5-4-8-12(9-10)14-11-6-2-1-3-7-11/h1-9,14H,13H2/i1D,2D,3D,6D,7D. The Balaban J connectivity index is 2.52. The number of benzene rings is 2. The van der Waals surface area contributed by atoms with Crippen molar-refractivity contribution >= 4 is 17.1 Å². The van der Waals surface area contributed by atoms with Gasteiger partial charge in [0.25, 0.3) is 0 Å². The molecule has 0 aliphatic carbocycles. The lowest BCUT2D eigenvalue weighted by Crippen LogP contribution is -1.91. The number of para-hydroxylation sites is 1. The topological polar surface area (TPSA) is 38.0 Å². The second-order valence-electron chi connectivity index (χ2n) is 2.75. The molecule has 0 aliphatic rings. The first-order valence-corrected chi connectivity index (χ1v) is 4.11. The van der Waals surface area contributed by atoms with Gasteiger partial charge in [0.1, 0.15) is 0 Å². The molecule has 0 aromatic heterocycles. The van der Waals surface area contributed by atoms with E-state index in [1.54, 1.807) is 24.3 Å². The molecule has 2 heteroatoms. The molecular weight excluding hydrogens is 172 g/mol. The van der Waals surface area contributed by atoms with E-state index in [4.69, 9.17) is 12.6 Å². The van der Waals surface area contributed by atoms with Crippen LogP contribution in [0.5, 0.6) is 0 Å². The first-order valence-electron chi connectivity index (χ1n) is 6.61. The summed E-state index contributed by atoms with van der Waals surface area (Å²) >= 11 is 0. The Labute approximate surface area is 90.4 Å². The van der Waals surface area contributed by atoms with Gasteiger partial charge in [-0.2, -0.15) is 0 Å². The maximum atomic E-state index is 7.77. The second-order valence-corrected chi connectivity index (χ2v) is 2.75. The lowest BCUT2D eigenvalue weighted by Gasteiger charge is -2.06. The normalized spacial score (nSPS) is 14.7. The third kappa shape index (κ3) is 2.04. The van der Waals surface area contributed by atoms with Crippen molar-refractivity contribution in [3.63, 3.8) is 0 Å². The van der Waals surface area contributed by atoms with Gasteiger partial charge >= 0.3 is 0 Å². The van der Waals surface area contributed by atoms with Crippen LogP contribution >= 0.6 is 0 Å². The molecule has 0 saturated carbocycles. The Morgan fingerprint density at radius 3 is 2.57 bits per heavy atom. The molecule has 0 fully saturated rings. The van der Waals surface area contributed by atoms with Gasteiger partial charge in [0.15, 0.2) is 0 Å². The summed E-state index contributed by atoms with van der Waals surface area (Å²) in [6.45, 7) is 0. The maximum Gasteiger partial charge on any atom is 0.0645 e. The predicted octanol–water partition coefficient (Wildman–Crippen LogP) is 3.01. The number of hydrogen-bond acceptors (Lipinski definition) is 2. The quantitative estimate of drug-likeness (QED) is 0.713. The van der Waals surface area contributed by atoms with Crippen molar-refractivity contribution in [3.8, 4) is 0 Å². The molecular formula is C12H12N2. The number of anilines is 3. The average molecular weight is 189 g/mol. The first-order chi connectivity index (χ1) is 8.91. The Kier molecular flexibility index (Phi) is 1.23. The van der Waals surface area contributed by atoms with Gasteiger partial charge in [0.05, 0.1) is 6.85 Å². The van der Waals surface area contributed by atoms with Crippen LogP contribution in [0.3, 0.4) is 0 Å². The summed E-state index contributed by atoms with van der Waals surface area (Å²) in [6.07, 6.45) is 0. The van der Waals surface area contributed by atoms with Gasteiger partial charge in [-0.1, -0.05) is 24.2 Å². The third-order valence-electron chi connectivity index (χ3n) is 1.66. The molecule has 70 valence electrons. The SMILES string of the molecule is [2H]c1c([2H])c([2H])c(Nc2cccc(N)c2)c([2H])c1[2H]. The minimum Gasteiger partial charge on any atom is -0.399 e. The van der Waals surface area contributed by atoms with Crippen LogP contribution in [0.1, 0.15) is 6.85 Å². The fourth-order valence-electron chi connectivity index (χ4n) is 1.07. The fraction of sp³-hybridized carbons (Fsp3) is 0. The molecule has 0 heterocycles. The molecule has 0 unspecified atom stereocenters. The van der Waals surface area contributed by atoms with E-state index in [0.717, 1.165) is 0 Å². The highest BCUT2D eigenvalue weighted by Crippen LogP contribution is 2.17. The molecule has 0 radical (unpaired) electrons. The average Bonchev–Trinajstić information content (AvgIpc) is 2.39. The monoisotopic (exact) mass is 189 g/mol. The van der Waals surface area contributed by atoms with E-state index in [2.05, 4.69) is 5.32 Å². The highest BCUT2D eigenvalue weighted by atomic mass is 14.9. The number of nitrogen functional groups attached to an aromatic ring is 1. The van der Waals surface area contributed by atoms with Gasteiger partial charge in [-0.3, -0.25) is 0 Å². The Morgan fingerprint density at radius 1 is 1.07 bits per heavy atom. The fourth-order valence-corrected chi connectivity index (χ4v) is 1.07. The van der Waals surface area contributed by atoms with E-state index in [0.29, 0.717) is 11.4 Å². The molecule has 0 bridgehead atoms. The zero-order valence-electron chi connectivity index (χ0n) is 12.4. The van der Waals surface area contributed by atoms with Crippen LogP contribution in [0.15, 0.2) is 54.5 Å². The lowest BCUT2D eigenvalue weighted by molar-refractivity contribution is 1.55. The molecule has 0 aliphatic heterocycles. The van der Waals surface area contributed by atoms with Gasteiger partial charge in [-0.05, 0) is 30.3 Å². The number of nitrogens with two attached hydrogens (primary N) is 1. The maximum absolute atomic E-state index is 7.77. The number of nitrogens with one attached hydrogen (secondary N) is 1. The van der Waals surface area contributed by atoms with Crippen molar-refractivity contribution in [2.45, 2.75) is 0 Å². The lowest BCUT2D eigenvalue weighted by atomic mass is 10.2. The zero-order valence-corrected chi connectivity index (χ0v) is 7.39. The van der Waals surface area contributed by atoms with Crippen LogP contribution in [0.4, 0.5) is 17.1 Å². The summed E-state index contributed by atoms with van der Waals surface area (Å²) < 4.78 is 38.2. The van der Waals surface area contributed by atoms with E-state index in [9.17, 15) is 0 Å². The van der Waals surface area contributed by atoms with Crippen LogP contribution in [0.25, 0.3) is 0 Å². The molecule has 0 saturated heterocycles. The minimum absolute atomic E-state index is 0.0385. The van der Waals surface area contributed by atoms with Crippen molar-refractivity contribution in [3.05, 3.63) is 54.5 Å². The highest BCUT2D eigenvalue weighted by molar-refractivity contribution is 5.63. The first kappa shape index (κ1) is 4.51. The van der Waals surface area contributed by atoms with Gasteiger partial charge in [0.2, 0.25) is 0 Å². The van der Waals surface area contributed by atoms with E-state index in [1.165, 1.54) is 0 Å². The third-order valence-corrected chi connectivity index (χ3v) is 1.66. The summed E-state index contributed by atoms with van der Waals surface area (Å²) in [5.74, 6) is 0. The molecule has 0 atom stereocenters. The van der Waals surface area contributed by atoms with Gasteiger partial charge in [-0.15, -0.1) is 0 Å². The van der Waals surface area contributed by atoms with Crippen LogP contribution in [0, 0.1) is 0 Å².